The van der Waals surface area contributed by atoms with Gasteiger partial charge in [-0.05, 0) is 64.2 Å². The van der Waals surface area contributed by atoms with Crippen molar-refractivity contribution in [1.29, 1.82) is 0 Å². The van der Waals surface area contributed by atoms with Gasteiger partial charge >= 0.3 is 0 Å². The van der Waals surface area contributed by atoms with Crippen LogP contribution < -0.4 is 10.2 Å². The first-order valence-electron chi connectivity index (χ1n) is 7.73. The van der Waals surface area contributed by atoms with E-state index in [9.17, 15) is 4.39 Å². The van der Waals surface area contributed by atoms with Crippen LogP contribution in [0.1, 0.15) is 31.0 Å². The summed E-state index contributed by atoms with van der Waals surface area (Å²) in [6, 6.07) is 4.39. The van der Waals surface area contributed by atoms with E-state index < -0.39 is 0 Å². The minimum Gasteiger partial charge on any atom is -0.369 e. The Labute approximate surface area is 128 Å². The smallest absolute Gasteiger partial charge is 0.126 e. The molecule has 1 N–H and O–H groups in total. The molecule has 1 fully saturated rings. The summed E-state index contributed by atoms with van der Waals surface area (Å²) in [6.07, 6.45) is 0. The van der Waals surface area contributed by atoms with Crippen molar-refractivity contribution in [3.8, 4) is 0 Å². The molecule has 0 aliphatic carbocycles. The predicted molar refractivity (Wildman–Crippen MR) is 87.5 cm³/mol. The zero-order valence-corrected chi connectivity index (χ0v) is 14.1. The monoisotopic (exact) mass is 293 g/mol. The fraction of sp³-hybridized carbons (Fsp3) is 0.647. The van der Waals surface area contributed by atoms with E-state index >= 15 is 0 Å². The number of benzene rings is 1. The first-order valence-corrected chi connectivity index (χ1v) is 7.73. The van der Waals surface area contributed by atoms with E-state index in [1.165, 1.54) is 5.69 Å². The molecule has 4 heteroatoms. The Morgan fingerprint density at radius 2 is 2.00 bits per heavy atom. The van der Waals surface area contributed by atoms with Crippen LogP contribution in [0.15, 0.2) is 12.1 Å². The molecule has 0 aromatic heterocycles. The van der Waals surface area contributed by atoms with Crippen molar-refractivity contribution in [2.45, 2.75) is 32.9 Å². The number of halogens is 1. The molecule has 0 amide bonds. The first-order chi connectivity index (χ1) is 9.85. The van der Waals surface area contributed by atoms with Crippen molar-refractivity contribution in [2.24, 2.45) is 5.92 Å². The summed E-state index contributed by atoms with van der Waals surface area (Å²) in [5.74, 6) is 0.496. The van der Waals surface area contributed by atoms with Crippen LogP contribution in [0.4, 0.5) is 10.1 Å². The molecule has 0 bridgehead atoms. The zero-order chi connectivity index (χ0) is 15.7. The first kappa shape index (κ1) is 16.2. The standard InChI is InChI=1S/C17H28FN3/c1-11-7-16(14(8-15(11)18)13(3)19-4)21-9-12(2)17(10-21)20(5)6/h7-8,12-13,17,19H,9-10H2,1-6H3. The van der Waals surface area contributed by atoms with E-state index in [1.807, 2.05) is 20.0 Å². The predicted octanol–water partition coefficient (Wildman–Crippen LogP) is 2.80. The van der Waals surface area contributed by atoms with Gasteiger partial charge in [0.15, 0.2) is 0 Å². The number of rotatable bonds is 4. The fourth-order valence-electron chi connectivity index (χ4n) is 3.28. The van der Waals surface area contributed by atoms with Crippen molar-refractivity contribution in [2.75, 3.05) is 39.1 Å². The highest BCUT2D eigenvalue weighted by Gasteiger charge is 2.32. The maximum Gasteiger partial charge on any atom is 0.126 e. The van der Waals surface area contributed by atoms with Crippen LogP contribution in [-0.4, -0.2) is 45.2 Å². The largest absolute Gasteiger partial charge is 0.369 e. The van der Waals surface area contributed by atoms with Gasteiger partial charge in [0.25, 0.3) is 0 Å². The van der Waals surface area contributed by atoms with Crippen LogP contribution >= 0.6 is 0 Å². The van der Waals surface area contributed by atoms with Crippen LogP contribution in [0.5, 0.6) is 0 Å². The Kier molecular flexibility index (Phi) is 4.89. The highest BCUT2D eigenvalue weighted by atomic mass is 19.1. The lowest BCUT2D eigenvalue weighted by atomic mass is 10.0. The highest BCUT2D eigenvalue weighted by molar-refractivity contribution is 5.58. The minimum atomic E-state index is -0.118. The van der Waals surface area contributed by atoms with Crippen LogP contribution in [0.3, 0.4) is 0 Å². The molecular formula is C17H28FN3. The van der Waals surface area contributed by atoms with E-state index in [-0.39, 0.29) is 11.9 Å². The molecule has 118 valence electrons. The Balaban J connectivity index is 2.37. The van der Waals surface area contributed by atoms with Gasteiger partial charge in [0, 0.05) is 30.9 Å². The second kappa shape index (κ2) is 6.32. The van der Waals surface area contributed by atoms with Gasteiger partial charge in [0.2, 0.25) is 0 Å². The van der Waals surface area contributed by atoms with Gasteiger partial charge in [-0.25, -0.2) is 4.39 Å². The third-order valence-electron chi connectivity index (χ3n) is 4.78. The van der Waals surface area contributed by atoms with Crippen molar-refractivity contribution < 1.29 is 4.39 Å². The Morgan fingerprint density at radius 1 is 1.33 bits per heavy atom. The Morgan fingerprint density at radius 3 is 2.52 bits per heavy atom. The van der Waals surface area contributed by atoms with Gasteiger partial charge in [0.05, 0.1) is 0 Å². The molecule has 0 spiro atoms. The topological polar surface area (TPSA) is 18.5 Å². The van der Waals surface area contributed by atoms with E-state index in [4.69, 9.17) is 0 Å². The van der Waals surface area contributed by atoms with Gasteiger partial charge in [-0.3, -0.25) is 0 Å². The van der Waals surface area contributed by atoms with E-state index in [0.29, 0.717) is 12.0 Å². The molecule has 1 heterocycles. The number of aryl methyl sites for hydroxylation is 1. The summed E-state index contributed by atoms with van der Waals surface area (Å²) in [5, 5.41) is 3.23. The summed E-state index contributed by atoms with van der Waals surface area (Å²) in [4.78, 5) is 4.70. The lowest BCUT2D eigenvalue weighted by Gasteiger charge is -2.26. The molecule has 2 rings (SSSR count). The molecule has 1 aliphatic heterocycles. The second-order valence-electron chi connectivity index (χ2n) is 6.58. The maximum absolute atomic E-state index is 14.0. The third-order valence-corrected chi connectivity index (χ3v) is 4.78. The summed E-state index contributed by atoms with van der Waals surface area (Å²) in [7, 11) is 6.19. The summed E-state index contributed by atoms with van der Waals surface area (Å²) >= 11 is 0. The van der Waals surface area contributed by atoms with Crippen LogP contribution in [0.25, 0.3) is 0 Å². The van der Waals surface area contributed by atoms with Gasteiger partial charge < -0.3 is 15.1 Å². The maximum atomic E-state index is 14.0. The molecule has 1 aromatic carbocycles. The van der Waals surface area contributed by atoms with Gasteiger partial charge in [-0.2, -0.15) is 0 Å². The Hall–Kier alpha value is -1.13. The molecule has 3 nitrogen and oxygen atoms in total. The van der Waals surface area contributed by atoms with E-state index in [0.717, 1.165) is 24.2 Å². The molecular weight excluding hydrogens is 265 g/mol. The second-order valence-corrected chi connectivity index (χ2v) is 6.58. The summed E-state index contributed by atoms with van der Waals surface area (Å²) < 4.78 is 14.0. The van der Waals surface area contributed by atoms with Crippen LogP contribution in [0, 0.1) is 18.7 Å². The van der Waals surface area contributed by atoms with Crippen molar-refractivity contribution >= 4 is 5.69 Å². The molecule has 1 aliphatic rings. The lowest BCUT2D eigenvalue weighted by molar-refractivity contribution is 0.266. The average Bonchev–Trinajstić information content (AvgIpc) is 2.82. The minimum absolute atomic E-state index is 0.118. The van der Waals surface area contributed by atoms with Crippen molar-refractivity contribution in [1.82, 2.24) is 10.2 Å². The van der Waals surface area contributed by atoms with E-state index in [2.05, 4.69) is 43.1 Å². The van der Waals surface area contributed by atoms with Gasteiger partial charge in [-0.1, -0.05) is 6.92 Å². The number of nitrogens with one attached hydrogen (secondary N) is 1. The highest BCUT2D eigenvalue weighted by Crippen LogP contribution is 2.33. The van der Waals surface area contributed by atoms with Crippen molar-refractivity contribution in [3.63, 3.8) is 0 Å². The quantitative estimate of drug-likeness (QED) is 0.921. The van der Waals surface area contributed by atoms with Crippen LogP contribution in [0.2, 0.25) is 0 Å². The molecule has 3 atom stereocenters. The third kappa shape index (κ3) is 3.22. The van der Waals surface area contributed by atoms with Crippen molar-refractivity contribution in [3.05, 3.63) is 29.1 Å². The summed E-state index contributed by atoms with van der Waals surface area (Å²) in [5.41, 5.74) is 2.94. The van der Waals surface area contributed by atoms with E-state index in [1.54, 1.807) is 6.07 Å². The fourth-order valence-corrected chi connectivity index (χ4v) is 3.28. The number of hydrogen-bond acceptors (Lipinski definition) is 3. The Bertz CT molecular complexity index is 501. The molecule has 0 saturated carbocycles. The van der Waals surface area contributed by atoms with Gasteiger partial charge in [-0.15, -0.1) is 0 Å². The molecule has 0 radical (unpaired) electrons. The normalized spacial score (nSPS) is 23.9. The molecule has 21 heavy (non-hydrogen) atoms. The number of likely N-dealkylation sites (N-methyl/N-ethyl adjacent to an activating group) is 1. The molecule has 1 saturated heterocycles. The van der Waals surface area contributed by atoms with Crippen LogP contribution in [-0.2, 0) is 0 Å². The molecule has 1 aromatic rings. The number of anilines is 1. The van der Waals surface area contributed by atoms with Gasteiger partial charge in [0.1, 0.15) is 5.82 Å². The zero-order valence-electron chi connectivity index (χ0n) is 14.1. The average molecular weight is 293 g/mol. The summed E-state index contributed by atoms with van der Waals surface area (Å²) in [6.45, 7) is 8.24. The number of nitrogens with zero attached hydrogens (tertiary/aromatic N) is 2. The SMILES string of the molecule is CNC(C)c1cc(F)c(C)cc1N1CC(C)C(N(C)C)C1. The lowest BCUT2D eigenvalue weighted by Crippen LogP contribution is -2.34. The number of hydrogen-bond donors (Lipinski definition) is 1. The molecule has 3 unspecified atom stereocenters.